The first-order valence-corrected chi connectivity index (χ1v) is 10.5. The minimum atomic E-state index is -0.791. The molecule has 158 valence electrons. The first-order chi connectivity index (χ1) is 14.3. The third-order valence-corrected chi connectivity index (χ3v) is 6.86. The van der Waals surface area contributed by atoms with Crippen LogP contribution in [0.4, 0.5) is 5.69 Å². The molecule has 4 heterocycles. The van der Waals surface area contributed by atoms with E-state index in [1.54, 1.807) is 0 Å². The second-order valence-corrected chi connectivity index (χ2v) is 8.35. The van der Waals surface area contributed by atoms with Gasteiger partial charge in [0.05, 0.1) is 0 Å². The topological polar surface area (TPSA) is 60.0 Å². The monoisotopic (exact) mass is 428 g/mol. The summed E-state index contributed by atoms with van der Waals surface area (Å²) in [7, 11) is 0. The van der Waals surface area contributed by atoms with Crippen molar-refractivity contribution in [3.8, 4) is 17.2 Å². The van der Waals surface area contributed by atoms with Gasteiger partial charge in [0.1, 0.15) is 17.8 Å². The molecule has 1 atom stereocenters. The molecule has 1 N–H and O–H groups in total. The van der Waals surface area contributed by atoms with Crippen LogP contribution in [0, 0.1) is 5.92 Å². The number of ether oxygens (including phenoxy) is 3. The zero-order chi connectivity index (χ0) is 19.4. The smallest absolute Gasteiger partial charge is 0.245 e. The molecule has 7 heteroatoms. The largest absolute Gasteiger partial charge is 0.491 e. The van der Waals surface area contributed by atoms with E-state index in [0.717, 1.165) is 48.6 Å². The zero-order valence-corrected chi connectivity index (χ0v) is 17.5. The summed E-state index contributed by atoms with van der Waals surface area (Å²) in [6.07, 6.45) is 3.40. The number of hydrogen-bond donors (Lipinski definition) is 1. The Morgan fingerprint density at radius 2 is 1.77 bits per heavy atom. The summed E-state index contributed by atoms with van der Waals surface area (Å²) in [5, 5.41) is 3.42. The standard InChI is InChI=1S/C23H24N2O4.ClH/c26-22-23(13-27-19-12-21-20(11-17(19)23)28-14-29-21)16-3-1-2-4-18(16)25(22)10-7-15-5-8-24-9-6-15;/h1-4,11-12,15,24H,5-10,13-14H2;1H. The Morgan fingerprint density at radius 3 is 2.60 bits per heavy atom. The van der Waals surface area contributed by atoms with Gasteiger partial charge in [0.15, 0.2) is 11.5 Å². The average Bonchev–Trinajstić information content (AvgIpc) is 3.43. The second-order valence-electron chi connectivity index (χ2n) is 8.35. The van der Waals surface area contributed by atoms with Gasteiger partial charge in [-0.3, -0.25) is 4.79 Å². The van der Waals surface area contributed by atoms with Crippen LogP contribution in [0.15, 0.2) is 36.4 Å². The molecule has 4 aliphatic heterocycles. The minimum absolute atomic E-state index is 0. The Balaban J connectivity index is 0.00000193. The van der Waals surface area contributed by atoms with Crippen molar-refractivity contribution in [3.05, 3.63) is 47.5 Å². The van der Waals surface area contributed by atoms with Gasteiger partial charge in [-0.05, 0) is 56.0 Å². The molecule has 0 aliphatic carbocycles. The van der Waals surface area contributed by atoms with Crippen molar-refractivity contribution in [1.82, 2.24) is 5.32 Å². The number of hydrogen-bond acceptors (Lipinski definition) is 5. The molecule has 0 saturated carbocycles. The maximum Gasteiger partial charge on any atom is 0.245 e. The quantitative estimate of drug-likeness (QED) is 0.813. The molecular formula is C23H25ClN2O4. The summed E-state index contributed by atoms with van der Waals surface area (Å²) in [5.74, 6) is 2.88. The van der Waals surface area contributed by atoms with E-state index in [0.29, 0.717) is 24.0 Å². The minimum Gasteiger partial charge on any atom is -0.491 e. The molecule has 6 nitrogen and oxygen atoms in total. The van der Waals surface area contributed by atoms with E-state index in [9.17, 15) is 4.79 Å². The van der Waals surface area contributed by atoms with Crippen LogP contribution in [0.2, 0.25) is 0 Å². The summed E-state index contributed by atoms with van der Waals surface area (Å²) in [6, 6.07) is 12.0. The number of rotatable bonds is 3. The molecule has 6 rings (SSSR count). The van der Waals surface area contributed by atoms with E-state index in [4.69, 9.17) is 14.2 Å². The summed E-state index contributed by atoms with van der Waals surface area (Å²) < 4.78 is 17.1. The Labute approximate surface area is 181 Å². The first kappa shape index (κ1) is 19.5. The maximum atomic E-state index is 13.9. The van der Waals surface area contributed by atoms with E-state index < -0.39 is 5.41 Å². The maximum absolute atomic E-state index is 13.9. The number of para-hydroxylation sites is 1. The van der Waals surface area contributed by atoms with Crippen molar-refractivity contribution >= 4 is 24.0 Å². The number of carbonyl (C=O) groups is 1. The van der Waals surface area contributed by atoms with Gasteiger partial charge >= 0.3 is 0 Å². The van der Waals surface area contributed by atoms with Crippen molar-refractivity contribution in [2.45, 2.75) is 24.7 Å². The number of halogens is 1. The fourth-order valence-electron chi connectivity index (χ4n) is 5.27. The van der Waals surface area contributed by atoms with Gasteiger partial charge in [-0.2, -0.15) is 0 Å². The predicted molar refractivity (Wildman–Crippen MR) is 115 cm³/mol. The summed E-state index contributed by atoms with van der Waals surface area (Å²) in [5.41, 5.74) is 2.15. The van der Waals surface area contributed by atoms with Gasteiger partial charge in [-0.1, -0.05) is 18.2 Å². The van der Waals surface area contributed by atoms with E-state index in [2.05, 4.69) is 17.4 Å². The lowest BCUT2D eigenvalue weighted by molar-refractivity contribution is -0.122. The van der Waals surface area contributed by atoms with Crippen molar-refractivity contribution in [2.75, 3.05) is 37.9 Å². The molecule has 0 radical (unpaired) electrons. The molecule has 0 bridgehead atoms. The van der Waals surface area contributed by atoms with Crippen molar-refractivity contribution in [3.63, 3.8) is 0 Å². The van der Waals surface area contributed by atoms with E-state index in [1.807, 2.05) is 29.2 Å². The van der Waals surface area contributed by atoms with Crippen molar-refractivity contribution < 1.29 is 19.0 Å². The van der Waals surface area contributed by atoms with Crippen LogP contribution >= 0.6 is 12.4 Å². The number of carbonyl (C=O) groups excluding carboxylic acids is 1. The molecule has 1 saturated heterocycles. The Bertz CT molecular complexity index is 991. The lowest BCUT2D eigenvalue weighted by Crippen LogP contribution is -2.43. The highest BCUT2D eigenvalue weighted by Crippen LogP contribution is 2.55. The molecular weight excluding hydrogens is 404 g/mol. The average molecular weight is 429 g/mol. The fourth-order valence-corrected chi connectivity index (χ4v) is 5.27. The van der Waals surface area contributed by atoms with Gasteiger partial charge in [0.25, 0.3) is 0 Å². The second kappa shape index (κ2) is 7.36. The number of benzene rings is 2. The van der Waals surface area contributed by atoms with E-state index >= 15 is 0 Å². The highest BCUT2D eigenvalue weighted by atomic mass is 35.5. The molecule has 2 aromatic carbocycles. The van der Waals surface area contributed by atoms with Crippen LogP contribution in [0.3, 0.4) is 0 Å². The Hall–Kier alpha value is -2.44. The fraction of sp³-hybridized carbons (Fsp3) is 0.435. The first-order valence-electron chi connectivity index (χ1n) is 10.5. The third-order valence-electron chi connectivity index (χ3n) is 6.86. The number of piperidine rings is 1. The lowest BCUT2D eigenvalue weighted by atomic mass is 9.77. The number of fused-ring (bicyclic) bond motifs is 5. The van der Waals surface area contributed by atoms with Gasteiger partial charge in [0, 0.05) is 23.9 Å². The van der Waals surface area contributed by atoms with Crippen LogP contribution in [0.25, 0.3) is 0 Å². The summed E-state index contributed by atoms with van der Waals surface area (Å²) >= 11 is 0. The van der Waals surface area contributed by atoms with Crippen LogP contribution in [-0.4, -0.2) is 38.9 Å². The van der Waals surface area contributed by atoms with Gasteiger partial charge in [-0.15, -0.1) is 12.4 Å². The van der Waals surface area contributed by atoms with Crippen LogP contribution in [0.5, 0.6) is 17.2 Å². The molecule has 4 aliphatic rings. The van der Waals surface area contributed by atoms with Crippen LogP contribution < -0.4 is 24.4 Å². The van der Waals surface area contributed by atoms with Gasteiger partial charge in [-0.25, -0.2) is 0 Å². The predicted octanol–water partition coefficient (Wildman–Crippen LogP) is 3.25. The van der Waals surface area contributed by atoms with E-state index in [1.165, 1.54) is 12.8 Å². The highest BCUT2D eigenvalue weighted by Gasteiger charge is 2.57. The molecule has 1 unspecified atom stereocenters. The number of amides is 1. The molecule has 1 spiro atoms. The molecule has 2 aromatic rings. The van der Waals surface area contributed by atoms with Gasteiger partial charge in [0.2, 0.25) is 12.7 Å². The lowest BCUT2D eigenvalue weighted by Gasteiger charge is -2.27. The third kappa shape index (κ3) is 2.70. The van der Waals surface area contributed by atoms with Crippen molar-refractivity contribution in [1.29, 1.82) is 0 Å². The van der Waals surface area contributed by atoms with Crippen LogP contribution in [0.1, 0.15) is 30.4 Å². The SMILES string of the molecule is Cl.O=C1N(CCC2CCNCC2)c2ccccc2C12COc1cc3c(cc12)OCO3. The van der Waals surface area contributed by atoms with Gasteiger partial charge < -0.3 is 24.4 Å². The molecule has 30 heavy (non-hydrogen) atoms. The summed E-state index contributed by atoms with van der Waals surface area (Å²) in [4.78, 5) is 15.9. The van der Waals surface area contributed by atoms with Crippen molar-refractivity contribution in [2.24, 2.45) is 5.92 Å². The molecule has 0 aromatic heterocycles. The normalized spacial score (nSPS) is 23.9. The number of anilines is 1. The van der Waals surface area contributed by atoms with E-state index in [-0.39, 0.29) is 25.1 Å². The molecule has 1 fully saturated rings. The molecule has 1 amide bonds. The number of nitrogens with zero attached hydrogens (tertiary/aromatic N) is 1. The van der Waals surface area contributed by atoms with Crippen LogP contribution in [-0.2, 0) is 10.2 Å². The Kier molecular flexibility index (Phi) is 4.79. The highest BCUT2D eigenvalue weighted by molar-refractivity contribution is 6.11. The summed E-state index contributed by atoms with van der Waals surface area (Å²) in [6.45, 7) is 3.44. The number of nitrogens with one attached hydrogen (secondary N) is 1. The zero-order valence-electron chi connectivity index (χ0n) is 16.7. The Morgan fingerprint density at radius 1 is 1.00 bits per heavy atom.